The monoisotopic (exact) mass is 237 g/mol. The average molecular weight is 237 g/mol. The van der Waals surface area contributed by atoms with Crippen LogP contribution in [0.2, 0.25) is 0 Å². The van der Waals surface area contributed by atoms with E-state index in [4.69, 9.17) is 9.84 Å². The first-order chi connectivity index (χ1) is 8.27. The Balaban J connectivity index is 2.25. The van der Waals surface area contributed by atoms with Crippen LogP contribution in [-0.4, -0.2) is 25.4 Å². The number of benzene rings is 1. The van der Waals surface area contributed by atoms with Gasteiger partial charge in [-0.25, -0.2) is 0 Å². The van der Waals surface area contributed by atoms with Crippen LogP contribution < -0.4 is 10.1 Å². The van der Waals surface area contributed by atoms with E-state index in [1.165, 1.54) is 6.42 Å². The molecular formula is C14H23NO2. The molecule has 0 bridgehead atoms. The van der Waals surface area contributed by atoms with Gasteiger partial charge in [0.15, 0.2) is 0 Å². The van der Waals surface area contributed by atoms with E-state index in [-0.39, 0.29) is 0 Å². The van der Waals surface area contributed by atoms with Crippen LogP contribution in [0.1, 0.15) is 31.2 Å². The lowest BCUT2D eigenvalue weighted by Crippen LogP contribution is -2.02. The molecule has 1 aromatic rings. The van der Waals surface area contributed by atoms with Gasteiger partial charge in [-0.1, -0.05) is 12.8 Å². The lowest BCUT2D eigenvalue weighted by atomic mass is 10.2. The number of rotatable bonds is 8. The normalized spacial score (nSPS) is 10.3. The Hall–Kier alpha value is -1.22. The van der Waals surface area contributed by atoms with E-state index in [9.17, 15) is 0 Å². The highest BCUT2D eigenvalue weighted by Crippen LogP contribution is 2.21. The molecule has 3 nitrogen and oxygen atoms in total. The summed E-state index contributed by atoms with van der Waals surface area (Å²) in [5.41, 5.74) is 2.29. The Morgan fingerprint density at radius 1 is 1.18 bits per heavy atom. The number of aliphatic hydroxyl groups excluding tert-OH is 1. The second-order valence-electron chi connectivity index (χ2n) is 4.25. The van der Waals surface area contributed by atoms with Crippen molar-refractivity contribution < 1.29 is 9.84 Å². The van der Waals surface area contributed by atoms with E-state index in [0.717, 1.165) is 42.8 Å². The van der Waals surface area contributed by atoms with Crippen molar-refractivity contribution in [3.8, 4) is 5.75 Å². The van der Waals surface area contributed by atoms with Gasteiger partial charge in [0.2, 0.25) is 0 Å². The average Bonchev–Trinajstić information content (AvgIpc) is 2.34. The third kappa shape index (κ3) is 5.09. The Bertz CT molecular complexity index is 326. The van der Waals surface area contributed by atoms with Crippen LogP contribution in [0.4, 0.5) is 5.69 Å². The van der Waals surface area contributed by atoms with Gasteiger partial charge in [-0.05, 0) is 43.5 Å². The van der Waals surface area contributed by atoms with Gasteiger partial charge >= 0.3 is 0 Å². The zero-order chi connectivity index (χ0) is 12.5. The standard InChI is InChI=1S/C14H23NO2/c1-12-11-13(7-8-14(12)17-2)15-9-5-3-4-6-10-16/h7-8,11,15-16H,3-6,9-10H2,1-2H3. The molecule has 0 radical (unpaired) electrons. The molecule has 0 heterocycles. The molecule has 0 aromatic heterocycles. The van der Waals surface area contributed by atoms with Crippen molar-refractivity contribution in [1.29, 1.82) is 0 Å². The first-order valence-corrected chi connectivity index (χ1v) is 6.27. The Morgan fingerprint density at radius 2 is 1.94 bits per heavy atom. The van der Waals surface area contributed by atoms with Crippen molar-refractivity contribution in [1.82, 2.24) is 0 Å². The van der Waals surface area contributed by atoms with Crippen LogP contribution in [0, 0.1) is 6.92 Å². The quantitative estimate of drug-likeness (QED) is 0.683. The number of unbranched alkanes of at least 4 members (excludes halogenated alkanes) is 3. The molecule has 0 saturated heterocycles. The van der Waals surface area contributed by atoms with E-state index in [2.05, 4.69) is 11.4 Å². The third-order valence-corrected chi connectivity index (χ3v) is 2.81. The number of nitrogens with one attached hydrogen (secondary N) is 1. The number of aliphatic hydroxyl groups is 1. The fourth-order valence-electron chi connectivity index (χ4n) is 1.81. The van der Waals surface area contributed by atoms with Gasteiger partial charge in [-0.15, -0.1) is 0 Å². The number of hydrogen-bond acceptors (Lipinski definition) is 3. The van der Waals surface area contributed by atoms with Crippen LogP contribution in [0.3, 0.4) is 0 Å². The fraction of sp³-hybridized carbons (Fsp3) is 0.571. The van der Waals surface area contributed by atoms with E-state index in [1.807, 2.05) is 19.1 Å². The molecule has 0 atom stereocenters. The van der Waals surface area contributed by atoms with E-state index >= 15 is 0 Å². The van der Waals surface area contributed by atoms with Crippen LogP contribution in [0.15, 0.2) is 18.2 Å². The largest absolute Gasteiger partial charge is 0.496 e. The molecule has 1 rings (SSSR count). The minimum absolute atomic E-state index is 0.311. The summed E-state index contributed by atoms with van der Waals surface area (Å²) in [6.07, 6.45) is 4.34. The number of anilines is 1. The molecule has 17 heavy (non-hydrogen) atoms. The molecule has 2 N–H and O–H groups in total. The molecule has 0 aliphatic rings. The van der Waals surface area contributed by atoms with Gasteiger partial charge in [0, 0.05) is 18.8 Å². The SMILES string of the molecule is COc1ccc(NCCCCCCO)cc1C. The highest BCUT2D eigenvalue weighted by atomic mass is 16.5. The molecule has 0 spiro atoms. The van der Waals surface area contributed by atoms with Gasteiger partial charge in [0.1, 0.15) is 5.75 Å². The molecule has 96 valence electrons. The molecule has 1 aromatic carbocycles. The first kappa shape index (κ1) is 13.8. The van der Waals surface area contributed by atoms with Gasteiger partial charge in [0.05, 0.1) is 7.11 Å². The minimum Gasteiger partial charge on any atom is -0.496 e. The summed E-state index contributed by atoms with van der Waals surface area (Å²) in [5.74, 6) is 0.929. The maximum absolute atomic E-state index is 8.65. The second-order valence-corrected chi connectivity index (χ2v) is 4.25. The Labute approximate surface area is 104 Å². The molecule has 3 heteroatoms. The van der Waals surface area contributed by atoms with Gasteiger partial charge in [-0.3, -0.25) is 0 Å². The van der Waals surface area contributed by atoms with E-state index in [0.29, 0.717) is 6.61 Å². The lowest BCUT2D eigenvalue weighted by molar-refractivity contribution is 0.283. The predicted octanol–water partition coefficient (Wildman–Crippen LogP) is 2.97. The Morgan fingerprint density at radius 3 is 2.59 bits per heavy atom. The smallest absolute Gasteiger partial charge is 0.121 e. The maximum atomic E-state index is 8.65. The topological polar surface area (TPSA) is 41.5 Å². The van der Waals surface area contributed by atoms with Crippen molar-refractivity contribution in [3.05, 3.63) is 23.8 Å². The predicted molar refractivity (Wildman–Crippen MR) is 71.8 cm³/mol. The summed E-state index contributed by atoms with van der Waals surface area (Å²) in [5, 5.41) is 12.0. The van der Waals surface area contributed by atoms with Crippen molar-refractivity contribution in [3.63, 3.8) is 0 Å². The summed E-state index contributed by atoms with van der Waals surface area (Å²) < 4.78 is 5.22. The summed E-state index contributed by atoms with van der Waals surface area (Å²) >= 11 is 0. The molecular weight excluding hydrogens is 214 g/mol. The summed E-state index contributed by atoms with van der Waals surface area (Å²) in [6, 6.07) is 6.13. The summed E-state index contributed by atoms with van der Waals surface area (Å²) in [6.45, 7) is 3.34. The van der Waals surface area contributed by atoms with E-state index < -0.39 is 0 Å². The number of hydrogen-bond donors (Lipinski definition) is 2. The maximum Gasteiger partial charge on any atom is 0.121 e. The number of ether oxygens (including phenoxy) is 1. The zero-order valence-corrected chi connectivity index (χ0v) is 10.8. The number of methoxy groups -OCH3 is 1. The van der Waals surface area contributed by atoms with Crippen molar-refractivity contribution in [2.45, 2.75) is 32.6 Å². The van der Waals surface area contributed by atoms with Crippen molar-refractivity contribution in [2.24, 2.45) is 0 Å². The van der Waals surface area contributed by atoms with Gasteiger partial charge in [0.25, 0.3) is 0 Å². The first-order valence-electron chi connectivity index (χ1n) is 6.27. The summed E-state index contributed by atoms with van der Waals surface area (Å²) in [4.78, 5) is 0. The van der Waals surface area contributed by atoms with Crippen molar-refractivity contribution >= 4 is 5.69 Å². The van der Waals surface area contributed by atoms with Gasteiger partial charge in [-0.2, -0.15) is 0 Å². The summed E-state index contributed by atoms with van der Waals surface area (Å²) in [7, 11) is 1.69. The molecule has 0 aliphatic carbocycles. The lowest BCUT2D eigenvalue weighted by Gasteiger charge is -2.09. The van der Waals surface area contributed by atoms with Crippen molar-refractivity contribution in [2.75, 3.05) is 25.6 Å². The minimum atomic E-state index is 0.311. The highest BCUT2D eigenvalue weighted by Gasteiger charge is 1.99. The third-order valence-electron chi connectivity index (χ3n) is 2.81. The second kappa shape index (κ2) is 7.96. The van der Waals surface area contributed by atoms with E-state index in [1.54, 1.807) is 7.11 Å². The molecule has 0 unspecified atom stereocenters. The molecule has 0 amide bonds. The fourth-order valence-corrected chi connectivity index (χ4v) is 1.81. The van der Waals surface area contributed by atoms with Crippen LogP contribution in [0.5, 0.6) is 5.75 Å². The molecule has 0 aliphatic heterocycles. The van der Waals surface area contributed by atoms with Crippen LogP contribution in [-0.2, 0) is 0 Å². The van der Waals surface area contributed by atoms with Crippen LogP contribution >= 0.6 is 0 Å². The zero-order valence-electron chi connectivity index (χ0n) is 10.8. The van der Waals surface area contributed by atoms with Gasteiger partial charge < -0.3 is 15.2 Å². The Kier molecular flexibility index (Phi) is 6.48. The van der Waals surface area contributed by atoms with Crippen LogP contribution in [0.25, 0.3) is 0 Å². The number of aryl methyl sites for hydroxylation is 1. The molecule has 0 fully saturated rings. The highest BCUT2D eigenvalue weighted by molar-refractivity contribution is 5.50. The molecule has 0 saturated carbocycles.